The van der Waals surface area contributed by atoms with E-state index < -0.39 is 11.6 Å². The number of nitrogens with one attached hydrogen (secondary N) is 1. The normalized spacial score (nSPS) is 19.2. The van der Waals surface area contributed by atoms with Gasteiger partial charge in [0.25, 0.3) is 5.91 Å². The van der Waals surface area contributed by atoms with Crippen molar-refractivity contribution in [1.82, 2.24) is 19.8 Å². The van der Waals surface area contributed by atoms with Gasteiger partial charge in [0, 0.05) is 38.7 Å². The zero-order valence-corrected chi connectivity index (χ0v) is 16.4. The topological polar surface area (TPSA) is 78.5 Å². The van der Waals surface area contributed by atoms with Crippen LogP contribution in [0, 0.1) is 0 Å². The lowest BCUT2D eigenvalue weighted by atomic mass is 9.78. The van der Waals surface area contributed by atoms with Gasteiger partial charge in [-0.05, 0) is 31.9 Å². The maximum absolute atomic E-state index is 12.9. The molecule has 0 bridgehead atoms. The van der Waals surface area contributed by atoms with Gasteiger partial charge in [-0.3, -0.25) is 9.59 Å². The number of carbonyl (C=O) groups excluding carboxylic acids is 2. The third kappa shape index (κ3) is 3.15. The highest BCUT2D eigenvalue weighted by molar-refractivity contribution is 5.81. The van der Waals surface area contributed by atoms with Gasteiger partial charge >= 0.3 is 0 Å². The second kappa shape index (κ2) is 7.30. The summed E-state index contributed by atoms with van der Waals surface area (Å²) in [6, 6.07) is 9.38. The Bertz CT molecular complexity index is 856. The predicted octanol–water partition coefficient (Wildman–Crippen LogP) is 2.10. The summed E-state index contributed by atoms with van der Waals surface area (Å²) in [5.41, 5.74) is 1.66. The molecule has 0 radical (unpaired) electrons. The number of hydrogen-bond acceptors (Lipinski definition) is 4. The van der Waals surface area contributed by atoms with Gasteiger partial charge in [-0.15, -0.1) is 0 Å². The standard InChI is InChI=1S/C21H26N4O3/c1-15(28-17-6-4-3-5-7-17)20(27)24-12-9-21(10-13-24)19-18(22-14-23-19)8-11-25(21)16(2)26/h3-7,14-15H,8-13H2,1-2H3,(H,22,23)/t15-/m1/s1. The summed E-state index contributed by atoms with van der Waals surface area (Å²) in [6.45, 7) is 5.25. The molecule has 0 unspecified atom stereocenters. The molecule has 1 N–H and O–H groups in total. The number of benzene rings is 1. The van der Waals surface area contributed by atoms with Crippen LogP contribution in [-0.4, -0.2) is 57.3 Å². The minimum absolute atomic E-state index is 0.0221. The number of piperidine rings is 1. The third-order valence-electron chi connectivity index (χ3n) is 5.95. The van der Waals surface area contributed by atoms with Crippen LogP contribution in [0.2, 0.25) is 0 Å². The van der Waals surface area contributed by atoms with Crippen LogP contribution < -0.4 is 4.74 Å². The molecule has 1 aromatic carbocycles. The summed E-state index contributed by atoms with van der Waals surface area (Å²) >= 11 is 0. The van der Waals surface area contributed by atoms with Crippen molar-refractivity contribution < 1.29 is 14.3 Å². The number of ether oxygens (including phenoxy) is 1. The Hall–Kier alpha value is -2.83. The molecular weight excluding hydrogens is 356 g/mol. The Kier molecular flexibility index (Phi) is 4.83. The molecule has 1 spiro atoms. The van der Waals surface area contributed by atoms with Gasteiger partial charge in [0.1, 0.15) is 5.75 Å². The minimum Gasteiger partial charge on any atom is -0.481 e. The monoisotopic (exact) mass is 382 g/mol. The number of imidazole rings is 1. The van der Waals surface area contributed by atoms with E-state index in [4.69, 9.17) is 4.74 Å². The maximum atomic E-state index is 12.9. The molecular formula is C21H26N4O3. The molecule has 1 saturated heterocycles. The second-order valence-corrected chi connectivity index (χ2v) is 7.58. The Balaban J connectivity index is 1.48. The van der Waals surface area contributed by atoms with Crippen LogP contribution in [-0.2, 0) is 21.5 Å². The number of amides is 2. The van der Waals surface area contributed by atoms with E-state index in [0.717, 1.165) is 17.8 Å². The highest BCUT2D eigenvalue weighted by Crippen LogP contribution is 2.42. The lowest BCUT2D eigenvalue weighted by molar-refractivity contribution is -0.145. The van der Waals surface area contributed by atoms with E-state index in [0.29, 0.717) is 38.2 Å². The van der Waals surface area contributed by atoms with Gasteiger partial charge in [-0.1, -0.05) is 18.2 Å². The largest absolute Gasteiger partial charge is 0.481 e. The van der Waals surface area contributed by atoms with Crippen molar-refractivity contribution in [3.63, 3.8) is 0 Å². The summed E-state index contributed by atoms with van der Waals surface area (Å²) in [5.74, 6) is 0.730. The van der Waals surface area contributed by atoms with Crippen LogP contribution in [0.3, 0.4) is 0 Å². The van der Waals surface area contributed by atoms with E-state index in [1.807, 2.05) is 40.1 Å². The number of para-hydroxylation sites is 1. The number of H-pyrrole nitrogens is 1. The number of fused-ring (bicyclic) bond motifs is 2. The van der Waals surface area contributed by atoms with E-state index in [9.17, 15) is 9.59 Å². The molecule has 2 aliphatic rings. The summed E-state index contributed by atoms with van der Waals surface area (Å²) in [6.07, 6.45) is 3.33. The summed E-state index contributed by atoms with van der Waals surface area (Å²) < 4.78 is 5.80. The van der Waals surface area contributed by atoms with E-state index in [1.165, 1.54) is 0 Å². The second-order valence-electron chi connectivity index (χ2n) is 7.58. The van der Waals surface area contributed by atoms with Crippen LogP contribution in [0.15, 0.2) is 36.7 Å². The molecule has 1 atom stereocenters. The van der Waals surface area contributed by atoms with Crippen LogP contribution in [0.5, 0.6) is 5.75 Å². The van der Waals surface area contributed by atoms with Crippen molar-refractivity contribution in [3.05, 3.63) is 48.0 Å². The van der Waals surface area contributed by atoms with Crippen molar-refractivity contribution in [2.24, 2.45) is 0 Å². The molecule has 148 valence electrons. The highest BCUT2D eigenvalue weighted by Gasteiger charge is 2.48. The zero-order valence-electron chi connectivity index (χ0n) is 16.4. The molecule has 2 aliphatic heterocycles. The van der Waals surface area contributed by atoms with Crippen LogP contribution in [0.25, 0.3) is 0 Å². The molecule has 1 aromatic heterocycles. The summed E-state index contributed by atoms with van der Waals surface area (Å²) in [5, 5.41) is 0. The van der Waals surface area contributed by atoms with Gasteiger partial charge < -0.3 is 19.5 Å². The Morgan fingerprint density at radius 1 is 1.18 bits per heavy atom. The van der Waals surface area contributed by atoms with E-state index in [1.54, 1.807) is 20.2 Å². The van der Waals surface area contributed by atoms with Gasteiger partial charge in [0.05, 0.1) is 17.6 Å². The number of nitrogens with zero attached hydrogens (tertiary/aromatic N) is 3. The van der Waals surface area contributed by atoms with Crippen LogP contribution >= 0.6 is 0 Å². The first-order valence-corrected chi connectivity index (χ1v) is 9.83. The van der Waals surface area contributed by atoms with Crippen molar-refractivity contribution >= 4 is 11.8 Å². The summed E-state index contributed by atoms with van der Waals surface area (Å²) in [7, 11) is 0. The molecule has 0 saturated carbocycles. The van der Waals surface area contributed by atoms with Crippen molar-refractivity contribution in [2.75, 3.05) is 19.6 Å². The molecule has 1 fully saturated rings. The average molecular weight is 382 g/mol. The van der Waals surface area contributed by atoms with Gasteiger partial charge in [0.2, 0.25) is 5.91 Å². The summed E-state index contributed by atoms with van der Waals surface area (Å²) in [4.78, 5) is 36.8. The number of likely N-dealkylation sites (tertiary alicyclic amines) is 1. The number of carbonyl (C=O) groups is 2. The molecule has 4 rings (SSSR count). The van der Waals surface area contributed by atoms with Crippen molar-refractivity contribution in [2.45, 2.75) is 44.8 Å². The lowest BCUT2D eigenvalue weighted by Crippen LogP contribution is -2.59. The minimum atomic E-state index is -0.548. The molecule has 28 heavy (non-hydrogen) atoms. The number of aromatic nitrogens is 2. The molecule has 7 nitrogen and oxygen atoms in total. The van der Waals surface area contributed by atoms with Crippen molar-refractivity contribution in [1.29, 1.82) is 0 Å². The lowest BCUT2D eigenvalue weighted by Gasteiger charge is -2.50. The molecule has 3 heterocycles. The zero-order chi connectivity index (χ0) is 19.7. The SMILES string of the molecule is CC(=O)N1CCc2[nH]cnc2C12CCN(C(=O)[C@@H](C)Oc1ccccc1)CC2. The van der Waals surface area contributed by atoms with Gasteiger partial charge in [-0.2, -0.15) is 0 Å². The molecule has 2 amide bonds. The quantitative estimate of drug-likeness (QED) is 0.882. The molecule has 7 heteroatoms. The van der Waals surface area contributed by atoms with Crippen LogP contribution in [0.1, 0.15) is 38.1 Å². The fourth-order valence-corrected chi connectivity index (χ4v) is 4.55. The molecule has 0 aliphatic carbocycles. The highest BCUT2D eigenvalue weighted by atomic mass is 16.5. The number of rotatable bonds is 3. The predicted molar refractivity (Wildman–Crippen MR) is 104 cm³/mol. The Morgan fingerprint density at radius 2 is 1.89 bits per heavy atom. The fraction of sp³-hybridized carbons (Fsp3) is 0.476. The fourth-order valence-electron chi connectivity index (χ4n) is 4.55. The van der Waals surface area contributed by atoms with E-state index in [-0.39, 0.29) is 11.8 Å². The maximum Gasteiger partial charge on any atom is 0.263 e. The third-order valence-corrected chi connectivity index (χ3v) is 5.95. The van der Waals surface area contributed by atoms with Gasteiger partial charge in [0.15, 0.2) is 6.10 Å². The molecule has 2 aromatic rings. The first-order chi connectivity index (χ1) is 13.5. The van der Waals surface area contributed by atoms with Crippen molar-refractivity contribution in [3.8, 4) is 5.75 Å². The Morgan fingerprint density at radius 3 is 2.57 bits per heavy atom. The van der Waals surface area contributed by atoms with Gasteiger partial charge in [-0.25, -0.2) is 4.98 Å². The Labute approximate surface area is 164 Å². The van der Waals surface area contributed by atoms with E-state index >= 15 is 0 Å². The number of aromatic amines is 1. The first kappa shape index (κ1) is 18.5. The smallest absolute Gasteiger partial charge is 0.263 e. The van der Waals surface area contributed by atoms with Crippen LogP contribution in [0.4, 0.5) is 0 Å². The average Bonchev–Trinajstić information content (AvgIpc) is 3.19. The van der Waals surface area contributed by atoms with E-state index in [2.05, 4.69) is 9.97 Å². The number of hydrogen-bond donors (Lipinski definition) is 1. The first-order valence-electron chi connectivity index (χ1n) is 9.83.